The van der Waals surface area contributed by atoms with Crippen molar-refractivity contribution in [1.29, 1.82) is 0 Å². The second kappa shape index (κ2) is 8.44. The average molecular weight is 377 g/mol. The summed E-state index contributed by atoms with van der Waals surface area (Å²) in [6, 6.07) is 1.78. The lowest BCUT2D eigenvalue weighted by Crippen LogP contribution is -2.45. The summed E-state index contributed by atoms with van der Waals surface area (Å²) in [6.07, 6.45) is 0.754. The van der Waals surface area contributed by atoms with Gasteiger partial charge < -0.3 is 19.0 Å². The van der Waals surface area contributed by atoms with Crippen molar-refractivity contribution in [3.05, 3.63) is 23.2 Å². The van der Waals surface area contributed by atoms with Gasteiger partial charge in [0.1, 0.15) is 5.76 Å². The Balaban J connectivity index is 1.81. The first-order chi connectivity index (χ1) is 13.0. The Morgan fingerprint density at radius 1 is 1.22 bits per heavy atom. The number of furan rings is 1. The molecular formula is C20H31N3O4. The maximum atomic E-state index is 13.2. The number of aryl methyl sites for hydroxylation is 1. The van der Waals surface area contributed by atoms with Crippen LogP contribution in [0.2, 0.25) is 0 Å². The van der Waals surface area contributed by atoms with Crippen molar-refractivity contribution >= 4 is 11.8 Å². The monoisotopic (exact) mass is 377 g/mol. The maximum Gasteiger partial charge on any atom is 0.289 e. The van der Waals surface area contributed by atoms with Crippen molar-refractivity contribution in [1.82, 2.24) is 14.7 Å². The molecule has 0 N–H and O–H groups in total. The van der Waals surface area contributed by atoms with Gasteiger partial charge in [-0.2, -0.15) is 0 Å². The summed E-state index contributed by atoms with van der Waals surface area (Å²) in [5.74, 6) is 0.878. The molecule has 0 aliphatic carbocycles. The molecule has 27 heavy (non-hydrogen) atoms. The molecule has 2 atom stereocenters. The zero-order valence-corrected chi connectivity index (χ0v) is 16.9. The maximum absolute atomic E-state index is 13.2. The van der Waals surface area contributed by atoms with Crippen LogP contribution >= 0.6 is 0 Å². The number of carbonyl (C=O) groups is 2. The number of fused-ring (bicyclic) bond motifs is 3. The number of hydrogen-bond acceptors (Lipinski definition) is 5. The van der Waals surface area contributed by atoms with Crippen molar-refractivity contribution in [2.75, 3.05) is 46.4 Å². The van der Waals surface area contributed by atoms with E-state index in [9.17, 15) is 9.59 Å². The highest BCUT2D eigenvalue weighted by atomic mass is 16.5. The van der Waals surface area contributed by atoms with E-state index < -0.39 is 0 Å². The van der Waals surface area contributed by atoms with Gasteiger partial charge in [0.05, 0.1) is 25.2 Å². The molecular weight excluding hydrogens is 346 g/mol. The summed E-state index contributed by atoms with van der Waals surface area (Å²) < 4.78 is 11.6. The van der Waals surface area contributed by atoms with Crippen molar-refractivity contribution in [2.45, 2.75) is 39.8 Å². The second-order valence-electron chi connectivity index (χ2n) is 7.42. The van der Waals surface area contributed by atoms with Gasteiger partial charge in [-0.05, 0) is 19.2 Å². The fraction of sp³-hybridized carbons (Fsp3) is 0.700. The Hall–Kier alpha value is -1.86. The predicted octanol–water partition coefficient (Wildman–Crippen LogP) is 1.61. The highest BCUT2D eigenvalue weighted by molar-refractivity contribution is 5.92. The molecule has 3 rings (SSSR count). The first-order valence-electron chi connectivity index (χ1n) is 9.96. The molecule has 7 nitrogen and oxygen atoms in total. The standard InChI is InChI=1S/C20H31N3O4/c1-5-17-14(9-22(6-2)7-3)8-18(27-17)20(25)23-10-15-12-26-13-16(11-23)21(4)19(15)24/h8,15-16H,5-7,9-13H2,1-4H3/t15-,16+/m1/s1. The van der Waals surface area contributed by atoms with Gasteiger partial charge in [-0.25, -0.2) is 0 Å². The summed E-state index contributed by atoms with van der Waals surface area (Å²) in [5.41, 5.74) is 1.08. The van der Waals surface area contributed by atoms with Gasteiger partial charge in [0.25, 0.3) is 5.91 Å². The lowest BCUT2D eigenvalue weighted by atomic mass is 10.1. The molecule has 3 heterocycles. The first-order valence-corrected chi connectivity index (χ1v) is 9.96. The van der Waals surface area contributed by atoms with Crippen LogP contribution in [-0.4, -0.2) is 79.0 Å². The van der Waals surface area contributed by atoms with Gasteiger partial charge >= 0.3 is 0 Å². The van der Waals surface area contributed by atoms with Crippen molar-refractivity contribution < 1.29 is 18.7 Å². The minimum absolute atomic E-state index is 0.0590. The Morgan fingerprint density at radius 2 is 1.96 bits per heavy atom. The van der Waals surface area contributed by atoms with Crippen molar-refractivity contribution in [3.63, 3.8) is 0 Å². The van der Waals surface area contributed by atoms with Crippen LogP contribution in [0.4, 0.5) is 0 Å². The zero-order chi connectivity index (χ0) is 19.6. The largest absolute Gasteiger partial charge is 0.456 e. The molecule has 0 radical (unpaired) electrons. The fourth-order valence-electron chi connectivity index (χ4n) is 3.91. The van der Waals surface area contributed by atoms with Gasteiger partial charge in [0, 0.05) is 38.7 Å². The van der Waals surface area contributed by atoms with Crippen LogP contribution in [0, 0.1) is 5.92 Å². The van der Waals surface area contributed by atoms with Gasteiger partial charge in [-0.3, -0.25) is 14.5 Å². The summed E-state index contributed by atoms with van der Waals surface area (Å²) in [5, 5.41) is 0. The Kier molecular flexibility index (Phi) is 6.22. The fourth-order valence-corrected chi connectivity index (χ4v) is 3.91. The van der Waals surface area contributed by atoms with Gasteiger partial charge in [-0.15, -0.1) is 0 Å². The normalized spacial score (nSPS) is 23.1. The van der Waals surface area contributed by atoms with E-state index in [1.54, 1.807) is 16.8 Å². The van der Waals surface area contributed by atoms with E-state index in [0.717, 1.165) is 37.4 Å². The molecule has 150 valence electrons. The number of rotatable bonds is 6. The van der Waals surface area contributed by atoms with E-state index in [1.165, 1.54) is 0 Å². The number of nitrogens with zero attached hydrogens (tertiary/aromatic N) is 3. The molecule has 2 bridgehead atoms. The third kappa shape index (κ3) is 4.04. The zero-order valence-electron chi connectivity index (χ0n) is 16.9. The Labute approximate surface area is 161 Å². The first kappa shape index (κ1) is 19.9. The molecule has 0 spiro atoms. The highest BCUT2D eigenvalue weighted by Crippen LogP contribution is 2.24. The average Bonchev–Trinajstić information content (AvgIpc) is 2.97. The van der Waals surface area contributed by atoms with Crippen LogP contribution < -0.4 is 0 Å². The van der Waals surface area contributed by atoms with E-state index in [4.69, 9.17) is 9.15 Å². The third-order valence-corrected chi connectivity index (χ3v) is 5.75. The minimum atomic E-state index is -0.304. The second-order valence-corrected chi connectivity index (χ2v) is 7.42. The van der Waals surface area contributed by atoms with Crippen LogP contribution in [0.15, 0.2) is 10.5 Å². The lowest BCUT2D eigenvalue weighted by Gasteiger charge is -2.28. The summed E-state index contributed by atoms with van der Waals surface area (Å²) in [7, 11) is 1.80. The van der Waals surface area contributed by atoms with Crippen LogP contribution in [0.5, 0.6) is 0 Å². The smallest absolute Gasteiger partial charge is 0.289 e. The molecule has 0 aromatic carbocycles. The van der Waals surface area contributed by atoms with Crippen LogP contribution in [0.1, 0.15) is 42.6 Å². The van der Waals surface area contributed by atoms with Gasteiger partial charge in [-0.1, -0.05) is 20.8 Å². The molecule has 2 amide bonds. The van der Waals surface area contributed by atoms with E-state index in [1.807, 2.05) is 13.0 Å². The van der Waals surface area contributed by atoms with Gasteiger partial charge in [0.2, 0.25) is 5.91 Å². The van der Waals surface area contributed by atoms with Gasteiger partial charge in [0.15, 0.2) is 5.76 Å². The molecule has 2 saturated heterocycles. The SMILES string of the molecule is CCc1oc(C(=O)N2C[C@@H]3COC[C@H](C2)N(C)C3=O)cc1CN(CC)CC. The van der Waals surface area contributed by atoms with E-state index in [-0.39, 0.29) is 23.8 Å². The third-order valence-electron chi connectivity index (χ3n) is 5.75. The molecule has 7 heteroatoms. The van der Waals surface area contributed by atoms with Crippen molar-refractivity contribution in [3.8, 4) is 0 Å². The number of likely N-dealkylation sites (N-methyl/N-ethyl adjacent to an activating group) is 1. The van der Waals surface area contributed by atoms with Crippen LogP contribution in [0.25, 0.3) is 0 Å². The highest BCUT2D eigenvalue weighted by Gasteiger charge is 2.39. The summed E-state index contributed by atoms with van der Waals surface area (Å²) in [4.78, 5) is 31.5. The molecule has 0 unspecified atom stereocenters. The number of hydrogen-bond donors (Lipinski definition) is 0. The number of ether oxygens (including phenoxy) is 1. The molecule has 1 aromatic rings. The van der Waals surface area contributed by atoms with E-state index in [2.05, 4.69) is 18.7 Å². The lowest BCUT2D eigenvalue weighted by molar-refractivity contribution is -0.133. The quantitative estimate of drug-likeness (QED) is 0.754. The molecule has 0 saturated carbocycles. The molecule has 2 aliphatic rings. The van der Waals surface area contributed by atoms with Crippen LogP contribution in [0.3, 0.4) is 0 Å². The van der Waals surface area contributed by atoms with Crippen LogP contribution in [-0.2, 0) is 22.5 Å². The summed E-state index contributed by atoms with van der Waals surface area (Å²) >= 11 is 0. The molecule has 2 aliphatic heterocycles. The molecule has 2 fully saturated rings. The van der Waals surface area contributed by atoms with E-state index in [0.29, 0.717) is 32.1 Å². The topological polar surface area (TPSA) is 66.2 Å². The van der Waals surface area contributed by atoms with Crippen molar-refractivity contribution in [2.24, 2.45) is 5.92 Å². The molecule has 1 aromatic heterocycles. The minimum Gasteiger partial charge on any atom is -0.456 e. The summed E-state index contributed by atoms with van der Waals surface area (Å²) in [6.45, 7) is 10.7. The van der Waals surface area contributed by atoms with E-state index >= 15 is 0 Å². The number of amides is 2. The Bertz CT molecular complexity index is 683. The predicted molar refractivity (Wildman–Crippen MR) is 101 cm³/mol. The number of carbonyl (C=O) groups excluding carboxylic acids is 2. The Morgan fingerprint density at radius 3 is 2.63 bits per heavy atom.